The fraction of sp³-hybridized carbons (Fsp3) is 0.524. The number of hydrogen-bond donors (Lipinski definition) is 1. The minimum Gasteiger partial charge on any atom is -0.373 e. The summed E-state index contributed by atoms with van der Waals surface area (Å²) >= 11 is 0. The number of para-hydroxylation sites is 1. The summed E-state index contributed by atoms with van der Waals surface area (Å²) in [4.78, 5) is 14.6. The molecule has 2 aromatic rings. The molecule has 146 valence electrons. The molecule has 6 heteroatoms. The van der Waals surface area contributed by atoms with Crippen molar-refractivity contribution in [3.8, 4) is 5.69 Å². The molecule has 0 spiro atoms. The number of rotatable bonds is 7. The van der Waals surface area contributed by atoms with Crippen LogP contribution in [0.2, 0.25) is 0 Å². The van der Waals surface area contributed by atoms with Gasteiger partial charge in [0.15, 0.2) is 0 Å². The highest BCUT2D eigenvalue weighted by Crippen LogP contribution is 2.13. The van der Waals surface area contributed by atoms with Crippen LogP contribution >= 0.6 is 0 Å². The van der Waals surface area contributed by atoms with Crippen LogP contribution in [0.5, 0.6) is 0 Å². The van der Waals surface area contributed by atoms with Gasteiger partial charge < -0.3 is 10.1 Å². The van der Waals surface area contributed by atoms with Crippen LogP contribution < -0.4 is 5.32 Å². The normalized spacial score (nSPS) is 21.7. The number of nitrogens with zero attached hydrogens (tertiary/aromatic N) is 3. The van der Waals surface area contributed by atoms with E-state index in [9.17, 15) is 4.79 Å². The summed E-state index contributed by atoms with van der Waals surface area (Å²) in [6, 6.07) is 10.3. The van der Waals surface area contributed by atoms with Crippen molar-refractivity contribution in [3.63, 3.8) is 0 Å². The molecule has 1 amide bonds. The third kappa shape index (κ3) is 5.65. The quantitative estimate of drug-likeness (QED) is 0.813. The average molecular weight is 370 g/mol. The fourth-order valence-electron chi connectivity index (χ4n) is 3.53. The molecule has 1 aromatic carbocycles. The summed E-state index contributed by atoms with van der Waals surface area (Å²) < 4.78 is 7.62. The highest BCUT2D eigenvalue weighted by Gasteiger charge is 2.25. The molecule has 1 aliphatic heterocycles. The molecule has 1 aromatic heterocycles. The van der Waals surface area contributed by atoms with Crippen molar-refractivity contribution in [1.82, 2.24) is 20.0 Å². The number of nitrogens with one attached hydrogen (secondary N) is 1. The van der Waals surface area contributed by atoms with E-state index in [2.05, 4.69) is 36.1 Å². The number of benzene rings is 1. The van der Waals surface area contributed by atoms with Gasteiger partial charge in [0.05, 0.1) is 24.1 Å². The third-order valence-electron chi connectivity index (χ3n) is 4.96. The smallest absolute Gasteiger partial charge is 0.220 e. The zero-order valence-electron chi connectivity index (χ0n) is 16.5. The van der Waals surface area contributed by atoms with Gasteiger partial charge in [0.1, 0.15) is 0 Å². The Hall–Kier alpha value is -2.18. The van der Waals surface area contributed by atoms with E-state index in [1.165, 1.54) is 0 Å². The molecule has 2 heterocycles. The highest BCUT2D eigenvalue weighted by molar-refractivity contribution is 5.76. The lowest BCUT2D eigenvalue weighted by Gasteiger charge is -2.39. The standard InChI is InChI=1S/C21H30N4O2/c1-16(24-13-17(2)27-18(3)14-24)11-22-21(26)10-9-19-12-23-25(15-19)20-7-5-4-6-8-20/h4-8,12,15-18H,9-11,13-14H2,1-3H3,(H,22,26). The second-order valence-electron chi connectivity index (χ2n) is 7.49. The maximum absolute atomic E-state index is 12.2. The number of ether oxygens (including phenoxy) is 1. The second kappa shape index (κ2) is 9.15. The molecule has 6 nitrogen and oxygen atoms in total. The monoisotopic (exact) mass is 370 g/mol. The molecule has 1 fully saturated rings. The SMILES string of the molecule is CC1CN(C(C)CNC(=O)CCc2cnn(-c3ccccc3)c2)CC(C)O1. The molecule has 3 rings (SSSR count). The lowest BCUT2D eigenvalue weighted by atomic mass is 10.1. The Morgan fingerprint density at radius 2 is 1.96 bits per heavy atom. The molecule has 0 saturated carbocycles. The molecule has 3 unspecified atom stereocenters. The summed E-state index contributed by atoms with van der Waals surface area (Å²) in [5.74, 6) is 0.0867. The Morgan fingerprint density at radius 3 is 2.67 bits per heavy atom. The summed E-state index contributed by atoms with van der Waals surface area (Å²) in [6.45, 7) is 8.86. The Balaban J connectivity index is 1.41. The van der Waals surface area contributed by atoms with E-state index in [0.717, 1.165) is 24.3 Å². The molecule has 0 bridgehead atoms. The van der Waals surface area contributed by atoms with E-state index < -0.39 is 0 Å². The van der Waals surface area contributed by atoms with Crippen molar-refractivity contribution in [2.24, 2.45) is 0 Å². The van der Waals surface area contributed by atoms with Crippen LogP contribution in [0.25, 0.3) is 5.69 Å². The van der Waals surface area contributed by atoms with Gasteiger partial charge in [-0.1, -0.05) is 18.2 Å². The van der Waals surface area contributed by atoms with E-state index in [1.807, 2.05) is 47.4 Å². The first-order valence-electron chi connectivity index (χ1n) is 9.76. The highest BCUT2D eigenvalue weighted by atomic mass is 16.5. The zero-order valence-corrected chi connectivity index (χ0v) is 16.5. The second-order valence-corrected chi connectivity index (χ2v) is 7.49. The first-order chi connectivity index (χ1) is 13.0. The van der Waals surface area contributed by atoms with Crippen molar-refractivity contribution in [3.05, 3.63) is 48.3 Å². The van der Waals surface area contributed by atoms with Crippen LogP contribution in [0.3, 0.4) is 0 Å². The number of amides is 1. The number of hydrogen-bond acceptors (Lipinski definition) is 4. The summed E-state index contributed by atoms with van der Waals surface area (Å²) in [5, 5.41) is 7.45. The summed E-state index contributed by atoms with van der Waals surface area (Å²) in [5.41, 5.74) is 2.09. The molecule has 0 aliphatic carbocycles. The van der Waals surface area contributed by atoms with Gasteiger partial charge >= 0.3 is 0 Å². The average Bonchev–Trinajstić information content (AvgIpc) is 3.13. The fourth-order valence-corrected chi connectivity index (χ4v) is 3.53. The van der Waals surface area contributed by atoms with Gasteiger partial charge in [-0.05, 0) is 44.9 Å². The van der Waals surface area contributed by atoms with Gasteiger partial charge in [0, 0.05) is 38.3 Å². The molecule has 0 radical (unpaired) electrons. The number of aryl methyl sites for hydroxylation is 1. The molecule has 1 N–H and O–H groups in total. The minimum absolute atomic E-state index is 0.0867. The van der Waals surface area contributed by atoms with Crippen molar-refractivity contribution >= 4 is 5.91 Å². The van der Waals surface area contributed by atoms with Crippen LogP contribution in [-0.4, -0.2) is 58.5 Å². The summed E-state index contributed by atoms with van der Waals surface area (Å²) in [7, 11) is 0. The van der Waals surface area contributed by atoms with Crippen LogP contribution in [0.1, 0.15) is 32.8 Å². The van der Waals surface area contributed by atoms with Crippen molar-refractivity contribution in [2.45, 2.75) is 51.9 Å². The van der Waals surface area contributed by atoms with E-state index in [1.54, 1.807) is 0 Å². The van der Waals surface area contributed by atoms with Gasteiger partial charge in [0.2, 0.25) is 5.91 Å². The zero-order chi connectivity index (χ0) is 19.2. The number of morpholine rings is 1. The number of carbonyl (C=O) groups excluding carboxylic acids is 1. The van der Waals surface area contributed by atoms with Gasteiger partial charge in [-0.25, -0.2) is 4.68 Å². The third-order valence-corrected chi connectivity index (χ3v) is 4.96. The molecule has 1 saturated heterocycles. The van der Waals surface area contributed by atoms with Gasteiger partial charge in [-0.3, -0.25) is 9.69 Å². The van der Waals surface area contributed by atoms with Crippen molar-refractivity contribution < 1.29 is 9.53 Å². The van der Waals surface area contributed by atoms with Crippen LogP contribution in [0, 0.1) is 0 Å². The van der Waals surface area contributed by atoms with Crippen molar-refractivity contribution in [2.75, 3.05) is 19.6 Å². The summed E-state index contributed by atoms with van der Waals surface area (Å²) in [6.07, 6.45) is 5.48. The predicted octanol–water partition coefficient (Wildman–Crippen LogP) is 2.42. The van der Waals surface area contributed by atoms with E-state index >= 15 is 0 Å². The lowest BCUT2D eigenvalue weighted by Crippen LogP contribution is -2.52. The topological polar surface area (TPSA) is 59.4 Å². The largest absolute Gasteiger partial charge is 0.373 e. The Morgan fingerprint density at radius 1 is 1.26 bits per heavy atom. The van der Waals surface area contributed by atoms with Gasteiger partial charge in [-0.15, -0.1) is 0 Å². The Kier molecular flexibility index (Phi) is 6.63. The molecule has 27 heavy (non-hydrogen) atoms. The maximum Gasteiger partial charge on any atom is 0.220 e. The van der Waals surface area contributed by atoms with Crippen molar-refractivity contribution in [1.29, 1.82) is 0 Å². The first-order valence-corrected chi connectivity index (χ1v) is 9.76. The van der Waals surface area contributed by atoms with E-state index in [4.69, 9.17) is 4.74 Å². The molecule has 1 aliphatic rings. The molecular weight excluding hydrogens is 340 g/mol. The van der Waals surface area contributed by atoms with Gasteiger partial charge in [-0.2, -0.15) is 5.10 Å². The first kappa shape index (κ1) is 19.6. The molecular formula is C21H30N4O2. The lowest BCUT2D eigenvalue weighted by molar-refractivity contribution is -0.121. The number of aromatic nitrogens is 2. The van der Waals surface area contributed by atoms with Crippen LogP contribution in [0.4, 0.5) is 0 Å². The minimum atomic E-state index is 0.0867. The molecule has 3 atom stereocenters. The predicted molar refractivity (Wildman–Crippen MR) is 106 cm³/mol. The maximum atomic E-state index is 12.2. The van der Waals surface area contributed by atoms with E-state index in [-0.39, 0.29) is 18.1 Å². The van der Waals surface area contributed by atoms with Crippen LogP contribution in [0.15, 0.2) is 42.7 Å². The Bertz CT molecular complexity index is 721. The van der Waals surface area contributed by atoms with Crippen LogP contribution in [-0.2, 0) is 16.0 Å². The van der Waals surface area contributed by atoms with E-state index in [0.29, 0.717) is 25.4 Å². The van der Waals surface area contributed by atoms with Gasteiger partial charge in [0.25, 0.3) is 0 Å². The Labute approximate surface area is 161 Å². The number of carbonyl (C=O) groups is 1.